The lowest BCUT2D eigenvalue weighted by Crippen LogP contribution is -2.44. The van der Waals surface area contributed by atoms with Gasteiger partial charge in [0.05, 0.1) is 11.9 Å². The van der Waals surface area contributed by atoms with E-state index in [4.69, 9.17) is 9.47 Å². The number of ether oxygens (including phenoxy) is 2. The van der Waals surface area contributed by atoms with Gasteiger partial charge in [-0.1, -0.05) is 0 Å². The molecule has 0 aromatic carbocycles. The Balaban J connectivity index is 1.36. The number of amides is 1. The van der Waals surface area contributed by atoms with Crippen molar-refractivity contribution in [1.82, 2.24) is 14.9 Å². The lowest BCUT2D eigenvalue weighted by molar-refractivity contribution is 0.0123. The molecule has 4 heterocycles. The molecular weight excluding hydrogens is 354 g/mol. The molecule has 2 aliphatic rings. The monoisotopic (exact) mass is 381 g/mol. The van der Waals surface area contributed by atoms with E-state index in [1.807, 2.05) is 44.0 Å². The second-order valence-corrected chi connectivity index (χ2v) is 8.58. The van der Waals surface area contributed by atoms with Crippen molar-refractivity contribution in [2.24, 2.45) is 5.92 Å². The smallest absolute Gasteiger partial charge is 0.410 e. The predicted octanol–water partition coefficient (Wildman–Crippen LogP) is 4.09. The minimum absolute atomic E-state index is 0.158. The lowest BCUT2D eigenvalue weighted by Gasteiger charge is -2.35. The first-order chi connectivity index (χ1) is 13.4. The number of hydrogen-bond donors (Lipinski definition) is 0. The van der Waals surface area contributed by atoms with E-state index in [2.05, 4.69) is 16.0 Å². The number of piperidine rings is 1. The van der Waals surface area contributed by atoms with Crippen LogP contribution in [0.15, 0.2) is 36.8 Å². The van der Waals surface area contributed by atoms with E-state index in [0.717, 1.165) is 49.4 Å². The lowest BCUT2D eigenvalue weighted by atomic mass is 9.89. The minimum Gasteiger partial charge on any atom is -0.488 e. The zero-order chi connectivity index (χ0) is 19.7. The van der Waals surface area contributed by atoms with Crippen LogP contribution in [0.2, 0.25) is 0 Å². The Kier molecular flexibility index (Phi) is 4.96. The van der Waals surface area contributed by atoms with E-state index in [-0.39, 0.29) is 12.2 Å². The molecule has 148 valence electrons. The number of aromatic nitrogens is 2. The third kappa shape index (κ3) is 4.11. The van der Waals surface area contributed by atoms with Gasteiger partial charge >= 0.3 is 6.09 Å². The largest absolute Gasteiger partial charge is 0.488 e. The van der Waals surface area contributed by atoms with Gasteiger partial charge in [0.25, 0.3) is 0 Å². The maximum atomic E-state index is 12.3. The van der Waals surface area contributed by atoms with Crippen molar-refractivity contribution in [3.8, 4) is 17.0 Å². The maximum absolute atomic E-state index is 12.3. The number of likely N-dealkylation sites (tertiary alicyclic amines) is 1. The fraction of sp³-hybridized carbons (Fsp3) is 0.500. The quantitative estimate of drug-likeness (QED) is 0.784. The molecule has 1 atom stereocenters. The number of nitrogens with zero attached hydrogens (tertiary/aromatic N) is 3. The van der Waals surface area contributed by atoms with E-state index >= 15 is 0 Å². The Morgan fingerprint density at radius 2 is 1.93 bits per heavy atom. The van der Waals surface area contributed by atoms with Crippen LogP contribution in [0, 0.1) is 5.92 Å². The van der Waals surface area contributed by atoms with Crippen LogP contribution < -0.4 is 4.74 Å². The van der Waals surface area contributed by atoms with Crippen LogP contribution in [0.4, 0.5) is 4.79 Å². The molecule has 6 nitrogen and oxygen atoms in total. The van der Waals surface area contributed by atoms with Gasteiger partial charge in [0, 0.05) is 43.0 Å². The predicted molar refractivity (Wildman–Crippen MR) is 106 cm³/mol. The van der Waals surface area contributed by atoms with Crippen LogP contribution in [0.1, 0.15) is 39.2 Å². The molecule has 1 unspecified atom stereocenters. The topological polar surface area (TPSA) is 64.5 Å². The maximum Gasteiger partial charge on any atom is 0.410 e. The van der Waals surface area contributed by atoms with Gasteiger partial charge in [-0.15, -0.1) is 0 Å². The molecule has 0 N–H and O–H groups in total. The van der Waals surface area contributed by atoms with Crippen LogP contribution in [0.3, 0.4) is 0 Å². The van der Waals surface area contributed by atoms with Crippen LogP contribution in [0.5, 0.6) is 5.75 Å². The molecule has 28 heavy (non-hydrogen) atoms. The first-order valence-electron chi connectivity index (χ1n) is 9.93. The molecule has 1 saturated heterocycles. The van der Waals surface area contributed by atoms with E-state index in [1.165, 1.54) is 5.56 Å². The van der Waals surface area contributed by atoms with Crippen molar-refractivity contribution in [3.63, 3.8) is 0 Å². The molecule has 0 saturated carbocycles. The second-order valence-electron chi connectivity index (χ2n) is 8.58. The standard InChI is InChI=1S/C22H27N3O3/c1-22(2,3)28-21(26)25-10-6-16(7-11-25)19-13-17-12-18(24-14-20(17)27-19)15-4-8-23-9-5-15/h4-5,8-9,12,14,16,19H,6-7,10-11,13H2,1-3H3. The highest BCUT2D eigenvalue weighted by Crippen LogP contribution is 2.36. The molecule has 0 spiro atoms. The number of carbonyl (C=O) groups is 1. The molecule has 0 aliphatic carbocycles. The Hall–Kier alpha value is -2.63. The molecule has 2 aromatic heterocycles. The molecule has 6 heteroatoms. The van der Waals surface area contributed by atoms with Crippen LogP contribution in [-0.4, -0.2) is 45.8 Å². The summed E-state index contributed by atoms with van der Waals surface area (Å²) >= 11 is 0. The van der Waals surface area contributed by atoms with Crippen molar-refractivity contribution in [2.75, 3.05) is 13.1 Å². The van der Waals surface area contributed by atoms with Gasteiger partial charge < -0.3 is 14.4 Å². The molecule has 2 aromatic rings. The van der Waals surface area contributed by atoms with E-state index in [0.29, 0.717) is 5.92 Å². The third-order valence-electron chi connectivity index (χ3n) is 5.34. The summed E-state index contributed by atoms with van der Waals surface area (Å²) in [4.78, 5) is 22.7. The Labute approximate surface area is 165 Å². The van der Waals surface area contributed by atoms with Crippen LogP contribution >= 0.6 is 0 Å². The molecule has 1 amide bonds. The van der Waals surface area contributed by atoms with E-state index < -0.39 is 5.60 Å². The Morgan fingerprint density at radius 1 is 1.21 bits per heavy atom. The summed E-state index contributed by atoms with van der Waals surface area (Å²) in [5.74, 6) is 1.33. The average molecular weight is 381 g/mol. The Morgan fingerprint density at radius 3 is 2.61 bits per heavy atom. The summed E-state index contributed by atoms with van der Waals surface area (Å²) in [5.41, 5.74) is 2.77. The van der Waals surface area contributed by atoms with Crippen LogP contribution in [-0.2, 0) is 11.2 Å². The van der Waals surface area contributed by atoms with Crippen LogP contribution in [0.25, 0.3) is 11.3 Å². The van der Waals surface area contributed by atoms with Crippen molar-refractivity contribution in [1.29, 1.82) is 0 Å². The highest BCUT2D eigenvalue weighted by atomic mass is 16.6. The second kappa shape index (κ2) is 7.41. The van der Waals surface area contributed by atoms with Gasteiger partial charge in [0.1, 0.15) is 17.5 Å². The summed E-state index contributed by atoms with van der Waals surface area (Å²) in [5, 5.41) is 0. The first kappa shape index (κ1) is 18.7. The van der Waals surface area contributed by atoms with E-state index in [1.54, 1.807) is 12.4 Å². The van der Waals surface area contributed by atoms with Gasteiger partial charge in [-0.3, -0.25) is 9.97 Å². The molecule has 4 rings (SSSR count). The first-order valence-corrected chi connectivity index (χ1v) is 9.93. The number of hydrogen-bond acceptors (Lipinski definition) is 5. The van der Waals surface area contributed by atoms with Crippen molar-refractivity contribution < 1.29 is 14.3 Å². The molecular formula is C22H27N3O3. The summed E-state index contributed by atoms with van der Waals surface area (Å²) in [7, 11) is 0. The number of pyridine rings is 2. The fourth-order valence-corrected chi connectivity index (χ4v) is 3.90. The van der Waals surface area contributed by atoms with Crippen molar-refractivity contribution in [3.05, 3.63) is 42.4 Å². The summed E-state index contributed by atoms with van der Waals surface area (Å²) < 4.78 is 11.7. The highest BCUT2D eigenvalue weighted by molar-refractivity contribution is 5.68. The molecule has 0 bridgehead atoms. The van der Waals surface area contributed by atoms with Gasteiger partial charge in [0.2, 0.25) is 0 Å². The number of fused-ring (bicyclic) bond motifs is 1. The average Bonchev–Trinajstić information content (AvgIpc) is 3.11. The van der Waals surface area contributed by atoms with E-state index in [9.17, 15) is 4.79 Å². The molecule has 2 aliphatic heterocycles. The normalized spacial score (nSPS) is 19.8. The molecule has 1 fully saturated rings. The highest BCUT2D eigenvalue weighted by Gasteiger charge is 2.35. The molecule has 0 radical (unpaired) electrons. The van der Waals surface area contributed by atoms with Gasteiger partial charge in [-0.2, -0.15) is 0 Å². The number of rotatable bonds is 2. The zero-order valence-electron chi connectivity index (χ0n) is 16.7. The van der Waals surface area contributed by atoms with Crippen molar-refractivity contribution in [2.45, 2.75) is 51.7 Å². The van der Waals surface area contributed by atoms with Gasteiger partial charge in [-0.25, -0.2) is 4.79 Å². The van der Waals surface area contributed by atoms with Gasteiger partial charge in [0.15, 0.2) is 0 Å². The summed E-state index contributed by atoms with van der Waals surface area (Å²) in [6, 6.07) is 6.06. The minimum atomic E-state index is -0.455. The summed E-state index contributed by atoms with van der Waals surface area (Å²) in [6.07, 6.45) is 8.10. The number of carbonyl (C=O) groups excluding carboxylic acids is 1. The third-order valence-corrected chi connectivity index (χ3v) is 5.34. The SMILES string of the molecule is CC(C)(C)OC(=O)N1CCC(C2Cc3cc(-c4ccncc4)ncc3O2)CC1. The summed E-state index contributed by atoms with van der Waals surface area (Å²) in [6.45, 7) is 7.13. The fourth-order valence-electron chi connectivity index (χ4n) is 3.90. The zero-order valence-corrected chi connectivity index (χ0v) is 16.7. The van der Waals surface area contributed by atoms with Crippen molar-refractivity contribution >= 4 is 6.09 Å². The Bertz CT molecular complexity index is 840. The van der Waals surface area contributed by atoms with Gasteiger partial charge in [-0.05, 0) is 57.7 Å².